The lowest BCUT2D eigenvalue weighted by Crippen LogP contribution is -2.55. The number of rotatable bonds is 6. The SMILES string of the molecule is CN(C)CCN1C(=O)CO[C@H]2CN(C(=O)COc3ccccc3)C[C@@H]21. The van der Waals surface area contributed by atoms with E-state index >= 15 is 0 Å². The van der Waals surface area contributed by atoms with E-state index in [0.717, 1.165) is 6.54 Å². The average Bonchev–Trinajstić information content (AvgIpc) is 3.04. The normalized spacial score (nSPS) is 23.1. The van der Waals surface area contributed by atoms with Gasteiger partial charge < -0.3 is 24.2 Å². The van der Waals surface area contributed by atoms with E-state index in [4.69, 9.17) is 9.47 Å². The number of ether oxygens (including phenoxy) is 2. The predicted octanol–water partition coefficient (Wildman–Crippen LogP) is 0.0652. The molecule has 0 radical (unpaired) electrons. The molecule has 2 saturated heterocycles. The Bertz CT molecular complexity index is 608. The number of hydrogen-bond acceptors (Lipinski definition) is 5. The van der Waals surface area contributed by atoms with E-state index < -0.39 is 0 Å². The summed E-state index contributed by atoms with van der Waals surface area (Å²) >= 11 is 0. The first-order valence-corrected chi connectivity index (χ1v) is 8.56. The van der Waals surface area contributed by atoms with E-state index in [-0.39, 0.29) is 37.2 Å². The molecule has 0 aromatic heterocycles. The predicted molar refractivity (Wildman–Crippen MR) is 92.3 cm³/mol. The summed E-state index contributed by atoms with van der Waals surface area (Å²) in [5, 5.41) is 0. The first-order valence-electron chi connectivity index (χ1n) is 8.56. The van der Waals surface area contributed by atoms with Crippen molar-refractivity contribution in [2.75, 3.05) is 53.5 Å². The zero-order valence-electron chi connectivity index (χ0n) is 14.8. The van der Waals surface area contributed by atoms with Crippen molar-refractivity contribution in [3.63, 3.8) is 0 Å². The van der Waals surface area contributed by atoms with Gasteiger partial charge in [0.05, 0.1) is 12.1 Å². The minimum Gasteiger partial charge on any atom is -0.484 e. The van der Waals surface area contributed by atoms with Crippen molar-refractivity contribution < 1.29 is 19.1 Å². The first kappa shape index (κ1) is 17.7. The lowest BCUT2D eigenvalue weighted by molar-refractivity contribution is -0.153. The molecule has 1 aromatic rings. The Morgan fingerprint density at radius 2 is 2.04 bits per heavy atom. The van der Waals surface area contributed by atoms with Gasteiger partial charge in [-0.2, -0.15) is 0 Å². The van der Waals surface area contributed by atoms with Crippen LogP contribution in [0.3, 0.4) is 0 Å². The van der Waals surface area contributed by atoms with Crippen molar-refractivity contribution in [3.8, 4) is 5.75 Å². The minimum absolute atomic E-state index is 0.00191. The van der Waals surface area contributed by atoms with Crippen molar-refractivity contribution in [1.29, 1.82) is 0 Å². The highest BCUT2D eigenvalue weighted by atomic mass is 16.5. The number of benzene rings is 1. The molecule has 0 aliphatic carbocycles. The van der Waals surface area contributed by atoms with Gasteiger partial charge in [0.1, 0.15) is 12.4 Å². The van der Waals surface area contributed by atoms with Gasteiger partial charge in [0.25, 0.3) is 5.91 Å². The number of hydrogen-bond donors (Lipinski definition) is 0. The number of fused-ring (bicyclic) bond motifs is 1. The van der Waals surface area contributed by atoms with Crippen LogP contribution in [0.5, 0.6) is 5.75 Å². The molecule has 2 fully saturated rings. The third-order valence-corrected chi connectivity index (χ3v) is 4.62. The summed E-state index contributed by atoms with van der Waals surface area (Å²) in [5.41, 5.74) is 0. The molecule has 136 valence electrons. The Hall–Kier alpha value is -2.12. The van der Waals surface area contributed by atoms with Crippen LogP contribution in [-0.4, -0.2) is 92.1 Å². The molecule has 7 heteroatoms. The van der Waals surface area contributed by atoms with Gasteiger partial charge in [-0.3, -0.25) is 9.59 Å². The lowest BCUT2D eigenvalue weighted by Gasteiger charge is -2.37. The Morgan fingerprint density at radius 1 is 1.28 bits per heavy atom. The minimum atomic E-state index is -0.111. The fourth-order valence-electron chi connectivity index (χ4n) is 3.22. The van der Waals surface area contributed by atoms with E-state index in [0.29, 0.717) is 25.4 Å². The summed E-state index contributed by atoms with van der Waals surface area (Å²) in [7, 11) is 3.96. The highest BCUT2D eigenvalue weighted by Crippen LogP contribution is 2.23. The maximum atomic E-state index is 12.5. The van der Waals surface area contributed by atoms with Gasteiger partial charge in [-0.15, -0.1) is 0 Å². The van der Waals surface area contributed by atoms with E-state index in [1.165, 1.54) is 0 Å². The molecule has 25 heavy (non-hydrogen) atoms. The van der Waals surface area contributed by atoms with Crippen molar-refractivity contribution in [3.05, 3.63) is 30.3 Å². The Labute approximate surface area is 148 Å². The van der Waals surface area contributed by atoms with E-state index in [1.807, 2.05) is 54.2 Å². The van der Waals surface area contributed by atoms with Crippen LogP contribution in [0, 0.1) is 0 Å². The molecule has 2 aliphatic heterocycles. The maximum Gasteiger partial charge on any atom is 0.260 e. The quantitative estimate of drug-likeness (QED) is 0.729. The van der Waals surface area contributed by atoms with Crippen molar-refractivity contribution in [2.24, 2.45) is 0 Å². The molecule has 2 aliphatic rings. The summed E-state index contributed by atoms with van der Waals surface area (Å²) in [6.45, 7) is 2.54. The van der Waals surface area contributed by atoms with Gasteiger partial charge in [-0.05, 0) is 26.2 Å². The smallest absolute Gasteiger partial charge is 0.260 e. The second kappa shape index (κ2) is 7.84. The molecule has 2 heterocycles. The molecule has 2 amide bonds. The Balaban J connectivity index is 1.57. The lowest BCUT2D eigenvalue weighted by atomic mass is 10.1. The van der Waals surface area contributed by atoms with Crippen LogP contribution >= 0.6 is 0 Å². The molecule has 0 N–H and O–H groups in total. The van der Waals surface area contributed by atoms with Gasteiger partial charge in [-0.1, -0.05) is 18.2 Å². The fourth-order valence-corrected chi connectivity index (χ4v) is 3.22. The van der Waals surface area contributed by atoms with Crippen molar-refractivity contribution in [1.82, 2.24) is 14.7 Å². The molecule has 0 bridgehead atoms. The van der Waals surface area contributed by atoms with Crippen LogP contribution in [-0.2, 0) is 14.3 Å². The van der Waals surface area contributed by atoms with Crippen LogP contribution in [0.25, 0.3) is 0 Å². The fraction of sp³-hybridized carbons (Fsp3) is 0.556. The molecular weight excluding hydrogens is 322 g/mol. The van der Waals surface area contributed by atoms with Crippen LogP contribution in [0.4, 0.5) is 0 Å². The van der Waals surface area contributed by atoms with E-state index in [9.17, 15) is 9.59 Å². The molecule has 0 saturated carbocycles. The maximum absolute atomic E-state index is 12.5. The molecule has 0 spiro atoms. The molecule has 7 nitrogen and oxygen atoms in total. The monoisotopic (exact) mass is 347 g/mol. The third-order valence-electron chi connectivity index (χ3n) is 4.62. The molecule has 3 rings (SSSR count). The summed E-state index contributed by atoms with van der Waals surface area (Å²) in [6.07, 6.45) is -0.111. The molecular formula is C18H25N3O4. The second-order valence-corrected chi connectivity index (χ2v) is 6.71. The Kier molecular flexibility index (Phi) is 5.55. The van der Waals surface area contributed by atoms with Gasteiger partial charge >= 0.3 is 0 Å². The zero-order valence-corrected chi connectivity index (χ0v) is 14.8. The van der Waals surface area contributed by atoms with Crippen LogP contribution in [0.1, 0.15) is 0 Å². The summed E-state index contributed by atoms with van der Waals surface area (Å²) in [5.74, 6) is 0.589. The number of likely N-dealkylation sites (tertiary alicyclic amines) is 1. The number of carbonyl (C=O) groups is 2. The standard InChI is InChI=1S/C18H25N3O4/c1-19(2)8-9-21-15-10-20(11-16(15)25-13-18(21)23)17(22)12-24-14-6-4-3-5-7-14/h3-7,15-16H,8-13H2,1-2H3/t15-,16-/m0/s1. The van der Waals surface area contributed by atoms with Gasteiger partial charge in [0.15, 0.2) is 6.61 Å². The third kappa shape index (κ3) is 4.29. The largest absolute Gasteiger partial charge is 0.484 e. The highest BCUT2D eigenvalue weighted by Gasteiger charge is 2.44. The summed E-state index contributed by atoms with van der Waals surface area (Å²) in [6, 6.07) is 9.21. The van der Waals surface area contributed by atoms with Gasteiger partial charge in [0.2, 0.25) is 5.91 Å². The molecule has 1 aromatic carbocycles. The summed E-state index contributed by atoms with van der Waals surface area (Å²) in [4.78, 5) is 30.3. The second-order valence-electron chi connectivity index (χ2n) is 6.71. The number of likely N-dealkylation sites (N-methyl/N-ethyl adjacent to an activating group) is 1. The first-order chi connectivity index (χ1) is 12.0. The summed E-state index contributed by atoms with van der Waals surface area (Å²) < 4.78 is 11.2. The van der Waals surface area contributed by atoms with Crippen LogP contribution in [0.15, 0.2) is 30.3 Å². The van der Waals surface area contributed by atoms with Crippen LogP contribution in [0.2, 0.25) is 0 Å². The van der Waals surface area contributed by atoms with Crippen molar-refractivity contribution >= 4 is 11.8 Å². The van der Waals surface area contributed by atoms with E-state index in [1.54, 1.807) is 4.90 Å². The number of carbonyl (C=O) groups excluding carboxylic acids is 2. The average molecular weight is 347 g/mol. The number of nitrogens with zero attached hydrogens (tertiary/aromatic N) is 3. The van der Waals surface area contributed by atoms with E-state index in [2.05, 4.69) is 0 Å². The number of para-hydroxylation sites is 1. The number of morpholine rings is 1. The van der Waals surface area contributed by atoms with Crippen LogP contribution < -0.4 is 4.74 Å². The molecule has 2 atom stereocenters. The van der Waals surface area contributed by atoms with Gasteiger partial charge in [0, 0.05) is 26.2 Å². The van der Waals surface area contributed by atoms with Crippen molar-refractivity contribution in [2.45, 2.75) is 12.1 Å². The van der Waals surface area contributed by atoms with Gasteiger partial charge in [-0.25, -0.2) is 0 Å². The topological polar surface area (TPSA) is 62.3 Å². The molecule has 0 unspecified atom stereocenters. The highest BCUT2D eigenvalue weighted by molar-refractivity contribution is 5.80. The Morgan fingerprint density at radius 3 is 2.76 bits per heavy atom. The number of amides is 2. The zero-order chi connectivity index (χ0) is 17.8.